The molecule has 0 spiro atoms. The summed E-state index contributed by atoms with van der Waals surface area (Å²) in [6.07, 6.45) is 3.19. The Hall–Kier alpha value is -2.75. The van der Waals surface area contributed by atoms with Gasteiger partial charge in [0, 0.05) is 43.5 Å². The fraction of sp³-hybridized carbons (Fsp3) is 0.250. The number of nitrogens with one attached hydrogen (secondary N) is 1. The number of hydrogen-bond acceptors (Lipinski definition) is 7. The number of piperazine rings is 1. The first-order chi connectivity index (χ1) is 14.5. The zero-order valence-corrected chi connectivity index (χ0v) is 17.7. The molecule has 10 heteroatoms. The summed E-state index contributed by atoms with van der Waals surface area (Å²) in [6.45, 7) is 1.92. The molecule has 1 saturated heterocycles. The van der Waals surface area contributed by atoms with Gasteiger partial charge >= 0.3 is 0 Å². The summed E-state index contributed by atoms with van der Waals surface area (Å²) in [6, 6.07) is 14.3. The van der Waals surface area contributed by atoms with E-state index < -0.39 is 10.0 Å². The first-order valence-electron chi connectivity index (χ1n) is 9.47. The monoisotopic (exact) mass is 444 g/mol. The predicted octanol–water partition coefficient (Wildman–Crippen LogP) is 2.92. The Bertz CT molecular complexity index is 1090. The third kappa shape index (κ3) is 5.05. The first kappa shape index (κ1) is 20.5. The SMILES string of the molecule is O=S(=O)(Cc1ccc(Cl)cc1)N1CCN(c2cc(Nc3ccccn3)ncn2)CC1. The van der Waals surface area contributed by atoms with E-state index in [2.05, 4.69) is 25.2 Å². The molecule has 0 amide bonds. The first-order valence-corrected chi connectivity index (χ1v) is 11.5. The van der Waals surface area contributed by atoms with Crippen molar-refractivity contribution >= 4 is 39.1 Å². The van der Waals surface area contributed by atoms with Gasteiger partial charge in [0.25, 0.3) is 0 Å². The molecule has 2 aromatic heterocycles. The largest absolute Gasteiger partial charge is 0.354 e. The Kier molecular flexibility index (Phi) is 6.12. The number of sulfonamides is 1. The summed E-state index contributed by atoms with van der Waals surface area (Å²) in [5.74, 6) is 2.05. The third-order valence-corrected chi connectivity index (χ3v) is 6.89. The van der Waals surface area contributed by atoms with Crippen LogP contribution in [0.2, 0.25) is 5.02 Å². The van der Waals surface area contributed by atoms with Crippen molar-refractivity contribution in [2.45, 2.75) is 5.75 Å². The molecule has 0 saturated carbocycles. The van der Waals surface area contributed by atoms with Crippen LogP contribution in [0.5, 0.6) is 0 Å². The molecule has 1 aromatic carbocycles. The molecule has 1 aliphatic rings. The molecule has 0 bridgehead atoms. The molecule has 30 heavy (non-hydrogen) atoms. The van der Waals surface area contributed by atoms with Gasteiger partial charge in [-0.25, -0.2) is 23.4 Å². The van der Waals surface area contributed by atoms with Gasteiger partial charge in [0.1, 0.15) is 23.8 Å². The molecular formula is C20H21ClN6O2S. The van der Waals surface area contributed by atoms with Crippen molar-refractivity contribution in [1.29, 1.82) is 0 Å². The van der Waals surface area contributed by atoms with E-state index in [0.717, 1.165) is 11.4 Å². The Morgan fingerprint density at radius 1 is 0.933 bits per heavy atom. The van der Waals surface area contributed by atoms with E-state index in [1.54, 1.807) is 30.5 Å². The lowest BCUT2D eigenvalue weighted by Crippen LogP contribution is -2.49. The van der Waals surface area contributed by atoms with Crippen LogP contribution in [0.1, 0.15) is 5.56 Å². The number of hydrogen-bond donors (Lipinski definition) is 1. The highest BCUT2D eigenvalue weighted by molar-refractivity contribution is 7.88. The minimum atomic E-state index is -3.39. The summed E-state index contributed by atoms with van der Waals surface area (Å²) in [4.78, 5) is 14.9. The molecule has 1 fully saturated rings. The quantitative estimate of drug-likeness (QED) is 0.624. The Morgan fingerprint density at radius 2 is 1.70 bits per heavy atom. The number of halogens is 1. The second-order valence-corrected chi connectivity index (χ2v) is 9.28. The minimum absolute atomic E-state index is 0.0319. The molecule has 1 aliphatic heterocycles. The summed E-state index contributed by atoms with van der Waals surface area (Å²) in [5, 5.41) is 3.73. The average Bonchev–Trinajstić information content (AvgIpc) is 2.76. The van der Waals surface area contributed by atoms with Gasteiger partial charge in [0.05, 0.1) is 5.75 Å². The van der Waals surface area contributed by atoms with E-state index in [1.807, 2.05) is 24.3 Å². The van der Waals surface area contributed by atoms with Gasteiger partial charge in [-0.15, -0.1) is 0 Å². The standard InChI is InChI=1S/C20H21ClN6O2S/c21-17-6-4-16(5-7-17)14-30(28,29)27-11-9-26(10-12-27)20-13-19(23-15-24-20)25-18-3-1-2-8-22-18/h1-8,13,15H,9-12,14H2,(H,22,23,24,25). The molecule has 0 atom stereocenters. The van der Waals surface area contributed by atoms with E-state index in [0.29, 0.717) is 42.8 Å². The lowest BCUT2D eigenvalue weighted by molar-refractivity contribution is 0.383. The number of nitrogens with zero attached hydrogens (tertiary/aromatic N) is 5. The van der Waals surface area contributed by atoms with Crippen molar-refractivity contribution in [2.24, 2.45) is 0 Å². The highest BCUT2D eigenvalue weighted by Gasteiger charge is 2.27. The molecule has 0 radical (unpaired) electrons. The molecule has 4 rings (SSSR count). The normalized spacial score (nSPS) is 15.2. The third-order valence-electron chi connectivity index (χ3n) is 4.79. The Labute approximate surface area is 180 Å². The minimum Gasteiger partial charge on any atom is -0.354 e. The van der Waals surface area contributed by atoms with Crippen molar-refractivity contribution in [3.63, 3.8) is 0 Å². The van der Waals surface area contributed by atoms with Crippen LogP contribution < -0.4 is 10.2 Å². The van der Waals surface area contributed by atoms with Crippen molar-refractivity contribution in [3.8, 4) is 0 Å². The van der Waals surface area contributed by atoms with E-state index >= 15 is 0 Å². The van der Waals surface area contributed by atoms with Crippen LogP contribution >= 0.6 is 11.6 Å². The lowest BCUT2D eigenvalue weighted by atomic mass is 10.2. The molecule has 3 aromatic rings. The second-order valence-electron chi connectivity index (χ2n) is 6.87. The molecule has 3 heterocycles. The highest BCUT2D eigenvalue weighted by Crippen LogP contribution is 2.21. The van der Waals surface area contributed by atoms with Crippen LogP contribution in [0.4, 0.5) is 17.5 Å². The van der Waals surface area contributed by atoms with Gasteiger partial charge in [-0.1, -0.05) is 29.8 Å². The average molecular weight is 445 g/mol. The number of rotatable bonds is 6. The fourth-order valence-corrected chi connectivity index (χ4v) is 4.88. The van der Waals surface area contributed by atoms with Crippen LogP contribution in [0.15, 0.2) is 61.1 Å². The van der Waals surface area contributed by atoms with Gasteiger partial charge in [-0.3, -0.25) is 0 Å². The maximum Gasteiger partial charge on any atom is 0.218 e. The predicted molar refractivity (Wildman–Crippen MR) is 117 cm³/mol. The van der Waals surface area contributed by atoms with E-state index in [-0.39, 0.29) is 5.75 Å². The van der Waals surface area contributed by atoms with Crippen molar-refractivity contribution in [2.75, 3.05) is 36.4 Å². The second kappa shape index (κ2) is 8.95. The topological polar surface area (TPSA) is 91.3 Å². The molecular weight excluding hydrogens is 424 g/mol. The van der Waals surface area contributed by atoms with Crippen LogP contribution in [0.3, 0.4) is 0 Å². The van der Waals surface area contributed by atoms with Crippen LogP contribution in [-0.2, 0) is 15.8 Å². The summed E-state index contributed by atoms with van der Waals surface area (Å²) < 4.78 is 27.1. The van der Waals surface area contributed by atoms with Gasteiger partial charge < -0.3 is 10.2 Å². The van der Waals surface area contributed by atoms with Crippen LogP contribution in [-0.4, -0.2) is 53.9 Å². The van der Waals surface area contributed by atoms with Crippen molar-refractivity contribution < 1.29 is 8.42 Å². The highest BCUT2D eigenvalue weighted by atomic mass is 35.5. The smallest absolute Gasteiger partial charge is 0.218 e. The van der Waals surface area contributed by atoms with Crippen molar-refractivity contribution in [3.05, 3.63) is 71.6 Å². The number of pyridine rings is 1. The van der Waals surface area contributed by atoms with E-state index in [4.69, 9.17) is 11.6 Å². The van der Waals surface area contributed by atoms with Crippen LogP contribution in [0, 0.1) is 0 Å². The number of aromatic nitrogens is 3. The zero-order valence-electron chi connectivity index (χ0n) is 16.1. The van der Waals surface area contributed by atoms with Gasteiger partial charge in [0.2, 0.25) is 10.0 Å². The van der Waals surface area contributed by atoms with Crippen LogP contribution in [0.25, 0.3) is 0 Å². The summed E-state index contributed by atoms with van der Waals surface area (Å²) in [5.41, 5.74) is 0.725. The number of anilines is 3. The lowest BCUT2D eigenvalue weighted by Gasteiger charge is -2.34. The molecule has 1 N–H and O–H groups in total. The van der Waals surface area contributed by atoms with Crippen molar-refractivity contribution in [1.82, 2.24) is 19.3 Å². The van der Waals surface area contributed by atoms with E-state index in [1.165, 1.54) is 10.6 Å². The fourth-order valence-electron chi connectivity index (χ4n) is 3.23. The molecule has 0 unspecified atom stereocenters. The Balaban J connectivity index is 1.38. The molecule has 8 nitrogen and oxygen atoms in total. The number of benzene rings is 1. The zero-order chi connectivity index (χ0) is 21.0. The summed E-state index contributed by atoms with van der Waals surface area (Å²) >= 11 is 5.88. The van der Waals surface area contributed by atoms with Gasteiger partial charge in [0.15, 0.2) is 0 Å². The van der Waals surface area contributed by atoms with E-state index in [9.17, 15) is 8.42 Å². The van der Waals surface area contributed by atoms with Gasteiger partial charge in [-0.05, 0) is 29.8 Å². The summed E-state index contributed by atoms with van der Waals surface area (Å²) in [7, 11) is -3.39. The molecule has 156 valence electrons. The maximum absolute atomic E-state index is 12.8. The maximum atomic E-state index is 12.8. The molecule has 0 aliphatic carbocycles. The Morgan fingerprint density at radius 3 is 2.40 bits per heavy atom. The van der Waals surface area contributed by atoms with Gasteiger partial charge in [-0.2, -0.15) is 4.31 Å².